The monoisotopic (exact) mass is 282 g/mol. The van der Waals surface area contributed by atoms with E-state index >= 15 is 0 Å². The lowest BCUT2D eigenvalue weighted by molar-refractivity contribution is -0.115. The van der Waals surface area contributed by atoms with Gasteiger partial charge in [-0.3, -0.25) is 4.79 Å². The van der Waals surface area contributed by atoms with Crippen molar-refractivity contribution in [2.75, 3.05) is 12.4 Å². The van der Waals surface area contributed by atoms with Gasteiger partial charge in [0.15, 0.2) is 0 Å². The van der Waals surface area contributed by atoms with Gasteiger partial charge in [0.25, 0.3) is 0 Å². The van der Waals surface area contributed by atoms with E-state index in [-0.39, 0.29) is 18.4 Å². The lowest BCUT2D eigenvalue weighted by Gasteiger charge is -2.02. The third-order valence-corrected chi connectivity index (χ3v) is 3.40. The molecule has 0 radical (unpaired) electrons. The van der Waals surface area contributed by atoms with Crippen LogP contribution in [0.25, 0.3) is 0 Å². The molecule has 102 valence electrons. The number of ether oxygens (including phenoxy) is 1. The van der Waals surface area contributed by atoms with Crippen molar-refractivity contribution < 1.29 is 14.1 Å². The van der Waals surface area contributed by atoms with Gasteiger partial charge in [0.1, 0.15) is 16.9 Å². The van der Waals surface area contributed by atoms with Crippen LogP contribution in [-0.4, -0.2) is 28.4 Å². The highest BCUT2D eigenvalue weighted by Crippen LogP contribution is 2.23. The number of aryl methyl sites for hydroxylation is 1. The molecule has 7 nitrogen and oxygen atoms in total. The quantitative estimate of drug-likeness (QED) is 0.898. The summed E-state index contributed by atoms with van der Waals surface area (Å²) >= 11 is 1.28. The van der Waals surface area contributed by atoms with Gasteiger partial charge >= 0.3 is 0 Å². The lowest BCUT2D eigenvalue weighted by Crippen LogP contribution is -2.13. The predicted molar refractivity (Wildman–Crippen MR) is 68.9 cm³/mol. The first-order valence-corrected chi connectivity index (χ1v) is 6.48. The minimum atomic E-state index is -0.219. The Morgan fingerprint density at radius 2 is 2.37 bits per heavy atom. The third kappa shape index (κ3) is 3.58. The van der Waals surface area contributed by atoms with Crippen molar-refractivity contribution >= 4 is 22.4 Å². The molecule has 2 aromatic heterocycles. The van der Waals surface area contributed by atoms with E-state index in [0.29, 0.717) is 15.9 Å². The van der Waals surface area contributed by atoms with Gasteiger partial charge in [-0.05, 0) is 13.8 Å². The Bertz CT molecular complexity index is 566. The molecule has 2 heterocycles. The highest BCUT2D eigenvalue weighted by molar-refractivity contribution is 7.15. The highest BCUT2D eigenvalue weighted by Gasteiger charge is 2.14. The molecule has 0 aromatic carbocycles. The van der Waals surface area contributed by atoms with Gasteiger partial charge in [-0.25, -0.2) is 0 Å². The maximum atomic E-state index is 11.7. The van der Waals surface area contributed by atoms with Crippen LogP contribution in [0.4, 0.5) is 5.13 Å². The number of nitrogens with zero attached hydrogens (tertiary/aromatic N) is 3. The highest BCUT2D eigenvalue weighted by atomic mass is 32.1. The fraction of sp³-hybridized carbons (Fsp3) is 0.455. The van der Waals surface area contributed by atoms with Crippen LogP contribution < -0.4 is 5.32 Å². The number of rotatable bonds is 5. The molecule has 0 bridgehead atoms. The van der Waals surface area contributed by atoms with Gasteiger partial charge in [-0.15, -0.1) is 10.2 Å². The van der Waals surface area contributed by atoms with E-state index in [1.807, 2.05) is 6.92 Å². The minimum absolute atomic E-state index is 0.121. The maximum absolute atomic E-state index is 11.7. The van der Waals surface area contributed by atoms with E-state index in [1.165, 1.54) is 11.3 Å². The summed E-state index contributed by atoms with van der Waals surface area (Å²) in [5.41, 5.74) is 0.745. The average molecular weight is 282 g/mol. The zero-order valence-corrected chi connectivity index (χ0v) is 11.7. The average Bonchev–Trinajstić information content (AvgIpc) is 2.98. The van der Waals surface area contributed by atoms with Crippen molar-refractivity contribution in [3.05, 3.63) is 22.5 Å². The fourth-order valence-corrected chi connectivity index (χ4v) is 2.16. The van der Waals surface area contributed by atoms with E-state index in [1.54, 1.807) is 20.1 Å². The number of carbonyl (C=O) groups is 1. The van der Waals surface area contributed by atoms with Crippen LogP contribution in [0.5, 0.6) is 0 Å². The number of carbonyl (C=O) groups excluding carboxylic acids is 1. The Morgan fingerprint density at radius 1 is 1.58 bits per heavy atom. The van der Waals surface area contributed by atoms with Crippen molar-refractivity contribution in [3.8, 4) is 0 Å². The zero-order chi connectivity index (χ0) is 13.8. The Hall–Kier alpha value is -1.80. The summed E-state index contributed by atoms with van der Waals surface area (Å²) in [7, 11) is 1.59. The summed E-state index contributed by atoms with van der Waals surface area (Å²) in [4.78, 5) is 11.7. The molecule has 1 unspecified atom stereocenters. The van der Waals surface area contributed by atoms with Gasteiger partial charge in [0.2, 0.25) is 11.0 Å². The molecular weight excluding hydrogens is 268 g/mol. The SMILES string of the molecule is COC(C)c1nnc(NC(=O)Cc2cc(C)no2)s1. The second kappa shape index (κ2) is 5.89. The van der Waals surface area contributed by atoms with Crippen LogP contribution in [-0.2, 0) is 16.0 Å². The summed E-state index contributed by atoms with van der Waals surface area (Å²) < 4.78 is 10.1. The molecule has 0 aliphatic carbocycles. The molecule has 0 fully saturated rings. The molecule has 0 aliphatic rings. The Labute approximate surface area is 114 Å². The number of aromatic nitrogens is 3. The first-order valence-electron chi connectivity index (χ1n) is 5.66. The molecule has 0 saturated carbocycles. The molecule has 1 atom stereocenters. The number of nitrogens with one attached hydrogen (secondary N) is 1. The van der Waals surface area contributed by atoms with Crippen LogP contribution in [0.2, 0.25) is 0 Å². The van der Waals surface area contributed by atoms with Gasteiger partial charge in [-0.2, -0.15) is 0 Å². The van der Waals surface area contributed by atoms with Crippen LogP contribution in [0.15, 0.2) is 10.6 Å². The maximum Gasteiger partial charge on any atom is 0.233 e. The summed E-state index contributed by atoms with van der Waals surface area (Å²) in [6, 6.07) is 1.72. The van der Waals surface area contributed by atoms with E-state index in [4.69, 9.17) is 9.26 Å². The van der Waals surface area contributed by atoms with E-state index in [9.17, 15) is 4.79 Å². The first kappa shape index (κ1) is 13.6. The van der Waals surface area contributed by atoms with Gasteiger partial charge < -0.3 is 14.6 Å². The number of methoxy groups -OCH3 is 1. The second-order valence-electron chi connectivity index (χ2n) is 3.98. The smallest absolute Gasteiger partial charge is 0.233 e. The van der Waals surface area contributed by atoms with Crippen LogP contribution in [0.1, 0.15) is 29.5 Å². The number of amides is 1. The molecule has 2 aromatic rings. The molecule has 8 heteroatoms. The first-order chi connectivity index (χ1) is 9.08. The molecule has 1 N–H and O–H groups in total. The predicted octanol–water partition coefficient (Wildman–Crippen LogP) is 1.72. The molecule has 0 aliphatic heterocycles. The number of hydrogen-bond acceptors (Lipinski definition) is 7. The van der Waals surface area contributed by atoms with Crippen molar-refractivity contribution in [1.82, 2.24) is 15.4 Å². The van der Waals surface area contributed by atoms with Gasteiger partial charge in [-0.1, -0.05) is 16.5 Å². The van der Waals surface area contributed by atoms with E-state index in [0.717, 1.165) is 5.69 Å². The van der Waals surface area contributed by atoms with Gasteiger partial charge in [0.05, 0.1) is 12.1 Å². The molecular formula is C11H14N4O3S. The normalized spacial score (nSPS) is 12.4. The standard InChI is InChI=1S/C11H14N4O3S/c1-6-4-8(18-15-6)5-9(16)12-11-14-13-10(19-11)7(2)17-3/h4,7H,5H2,1-3H3,(H,12,14,16). The minimum Gasteiger partial charge on any atom is -0.374 e. The van der Waals surface area contributed by atoms with Crippen molar-refractivity contribution in [1.29, 1.82) is 0 Å². The van der Waals surface area contributed by atoms with E-state index in [2.05, 4.69) is 20.7 Å². The van der Waals surface area contributed by atoms with E-state index < -0.39 is 0 Å². The Morgan fingerprint density at radius 3 is 3.00 bits per heavy atom. The molecule has 0 saturated heterocycles. The third-order valence-electron chi connectivity index (χ3n) is 2.40. The topological polar surface area (TPSA) is 90.1 Å². The van der Waals surface area contributed by atoms with Gasteiger partial charge in [0, 0.05) is 13.2 Å². The molecule has 19 heavy (non-hydrogen) atoms. The summed E-state index contributed by atoms with van der Waals surface area (Å²) in [5, 5.41) is 15.4. The lowest BCUT2D eigenvalue weighted by atomic mass is 10.3. The second-order valence-corrected chi connectivity index (χ2v) is 4.99. The summed E-state index contributed by atoms with van der Waals surface area (Å²) in [6.45, 7) is 3.66. The zero-order valence-electron chi connectivity index (χ0n) is 10.8. The number of anilines is 1. The largest absolute Gasteiger partial charge is 0.374 e. The number of hydrogen-bond donors (Lipinski definition) is 1. The molecule has 0 spiro atoms. The Kier molecular flexibility index (Phi) is 4.23. The van der Waals surface area contributed by atoms with Crippen molar-refractivity contribution in [3.63, 3.8) is 0 Å². The van der Waals surface area contributed by atoms with Crippen LogP contribution >= 0.6 is 11.3 Å². The van der Waals surface area contributed by atoms with Crippen molar-refractivity contribution in [2.24, 2.45) is 0 Å². The Balaban J connectivity index is 1.93. The molecule has 1 amide bonds. The fourth-order valence-electron chi connectivity index (χ4n) is 1.37. The summed E-state index contributed by atoms with van der Waals surface area (Å²) in [5.74, 6) is 0.300. The molecule has 2 rings (SSSR count). The van der Waals surface area contributed by atoms with Crippen LogP contribution in [0.3, 0.4) is 0 Å². The summed E-state index contributed by atoms with van der Waals surface area (Å²) in [6.07, 6.45) is -0.0182. The van der Waals surface area contributed by atoms with Crippen LogP contribution in [0, 0.1) is 6.92 Å². The van der Waals surface area contributed by atoms with Crippen molar-refractivity contribution in [2.45, 2.75) is 26.4 Å².